The van der Waals surface area contributed by atoms with Crippen molar-refractivity contribution >= 4 is 28.1 Å². The molecule has 0 aromatic carbocycles. The van der Waals surface area contributed by atoms with Crippen LogP contribution >= 0.6 is 11.3 Å². The summed E-state index contributed by atoms with van der Waals surface area (Å²) in [6, 6.07) is 3.64. The summed E-state index contributed by atoms with van der Waals surface area (Å²) >= 11 is 1.50. The number of anilines is 1. The number of hydrogen-bond acceptors (Lipinski definition) is 6. The molecule has 1 amide bonds. The van der Waals surface area contributed by atoms with E-state index in [1.807, 2.05) is 0 Å². The van der Waals surface area contributed by atoms with E-state index in [0.717, 1.165) is 24.8 Å². The van der Waals surface area contributed by atoms with Crippen molar-refractivity contribution in [1.82, 2.24) is 9.78 Å². The monoisotopic (exact) mass is 415 g/mol. The van der Waals surface area contributed by atoms with Crippen molar-refractivity contribution in [2.75, 3.05) is 5.32 Å². The second kappa shape index (κ2) is 7.95. The van der Waals surface area contributed by atoms with Crippen LogP contribution in [0.4, 0.5) is 10.8 Å². The predicted octanol–water partition coefficient (Wildman–Crippen LogP) is 4.21. The summed E-state index contributed by atoms with van der Waals surface area (Å²) in [6.07, 6.45) is 2.97. The first-order valence-corrected chi connectivity index (χ1v) is 10.4. The fourth-order valence-electron chi connectivity index (χ4n) is 3.74. The van der Waals surface area contributed by atoms with E-state index in [1.54, 1.807) is 6.92 Å². The largest absolute Gasteiger partial charge is 0.390 e. The third-order valence-electron chi connectivity index (χ3n) is 5.56. The van der Waals surface area contributed by atoms with Crippen molar-refractivity contribution < 1.29 is 9.72 Å². The van der Waals surface area contributed by atoms with Crippen LogP contribution in [0.25, 0.3) is 0 Å². The molecule has 3 rings (SSSR count). The van der Waals surface area contributed by atoms with Gasteiger partial charge in [0.25, 0.3) is 0 Å². The van der Waals surface area contributed by atoms with Gasteiger partial charge in [-0.1, -0.05) is 20.8 Å². The highest BCUT2D eigenvalue weighted by Gasteiger charge is 2.32. The van der Waals surface area contributed by atoms with Gasteiger partial charge in [-0.3, -0.25) is 4.79 Å². The summed E-state index contributed by atoms with van der Waals surface area (Å²) in [4.78, 5) is 23.9. The molecule has 1 aliphatic rings. The minimum Gasteiger partial charge on any atom is -0.358 e. The number of nitro groups is 1. The Labute approximate surface area is 173 Å². The lowest BCUT2D eigenvalue weighted by atomic mass is 9.72. The van der Waals surface area contributed by atoms with E-state index in [-0.39, 0.29) is 30.1 Å². The zero-order valence-corrected chi connectivity index (χ0v) is 17.9. The highest BCUT2D eigenvalue weighted by atomic mass is 32.1. The van der Waals surface area contributed by atoms with Crippen molar-refractivity contribution in [3.05, 3.63) is 37.9 Å². The molecule has 8 nitrogen and oxygen atoms in total. The third-order valence-corrected chi connectivity index (χ3v) is 6.73. The highest BCUT2D eigenvalue weighted by molar-refractivity contribution is 7.16. The fourth-order valence-corrected chi connectivity index (χ4v) is 5.03. The number of hydrogen-bond donors (Lipinski definition) is 1. The second-order valence-corrected chi connectivity index (χ2v) is 9.65. The van der Waals surface area contributed by atoms with Crippen LogP contribution in [0.1, 0.15) is 55.3 Å². The average Bonchev–Trinajstić information content (AvgIpc) is 3.18. The Bertz CT molecular complexity index is 993. The van der Waals surface area contributed by atoms with Gasteiger partial charge >= 0.3 is 5.82 Å². The molecule has 0 saturated heterocycles. The molecule has 0 bridgehead atoms. The third kappa shape index (κ3) is 4.48. The topological polar surface area (TPSA) is 114 Å². The second-order valence-electron chi connectivity index (χ2n) is 8.55. The predicted molar refractivity (Wildman–Crippen MR) is 111 cm³/mol. The first-order valence-electron chi connectivity index (χ1n) is 9.63. The summed E-state index contributed by atoms with van der Waals surface area (Å²) in [6.45, 7) is 8.68. The number of amides is 1. The van der Waals surface area contributed by atoms with Gasteiger partial charge in [0.1, 0.15) is 11.1 Å². The molecule has 2 aromatic heterocycles. The van der Waals surface area contributed by atoms with E-state index in [9.17, 15) is 20.2 Å². The van der Waals surface area contributed by atoms with Gasteiger partial charge < -0.3 is 15.4 Å². The van der Waals surface area contributed by atoms with E-state index in [0.29, 0.717) is 22.2 Å². The molecular weight excluding hydrogens is 390 g/mol. The van der Waals surface area contributed by atoms with Crippen LogP contribution in [0.15, 0.2) is 6.07 Å². The molecule has 1 atom stereocenters. The molecule has 2 heterocycles. The van der Waals surface area contributed by atoms with E-state index in [4.69, 9.17) is 0 Å². The van der Waals surface area contributed by atoms with Gasteiger partial charge in [0.05, 0.1) is 29.0 Å². The Balaban J connectivity index is 1.69. The molecule has 9 heteroatoms. The number of fused-ring (bicyclic) bond motifs is 1. The van der Waals surface area contributed by atoms with Crippen LogP contribution in [0, 0.1) is 39.7 Å². The Morgan fingerprint density at radius 1 is 1.52 bits per heavy atom. The van der Waals surface area contributed by atoms with Crippen molar-refractivity contribution in [3.63, 3.8) is 0 Å². The molecule has 2 aromatic rings. The number of aromatic nitrogens is 2. The number of nitrogens with one attached hydrogen (secondary N) is 1. The fraction of sp³-hybridized carbons (Fsp3) is 0.550. The maximum absolute atomic E-state index is 12.5. The quantitative estimate of drug-likeness (QED) is 0.580. The summed E-state index contributed by atoms with van der Waals surface area (Å²) < 4.78 is 1.45. The summed E-state index contributed by atoms with van der Waals surface area (Å²) in [5, 5.41) is 27.8. The normalized spacial score (nSPS) is 16.2. The van der Waals surface area contributed by atoms with Gasteiger partial charge in [-0.05, 0) is 48.0 Å². The maximum Gasteiger partial charge on any atom is 0.390 e. The van der Waals surface area contributed by atoms with E-state index >= 15 is 0 Å². The standard InChI is InChI=1S/C20H25N5O3S/c1-12-9-17(25(27)28)23-24(12)8-7-18(26)22-19-15(11-21)14-6-5-13(20(2,3)4)10-16(14)29-19/h9,13H,5-8,10H2,1-4H3,(H,22,26). The van der Waals surface area contributed by atoms with Crippen molar-refractivity contribution in [1.29, 1.82) is 5.26 Å². The average molecular weight is 416 g/mol. The van der Waals surface area contributed by atoms with Crippen LogP contribution in [0.2, 0.25) is 0 Å². The number of carbonyl (C=O) groups excluding carboxylic acids is 1. The first-order chi connectivity index (χ1) is 13.6. The van der Waals surface area contributed by atoms with E-state index < -0.39 is 4.92 Å². The Morgan fingerprint density at radius 3 is 2.83 bits per heavy atom. The molecule has 0 aliphatic heterocycles. The minimum atomic E-state index is -0.552. The van der Waals surface area contributed by atoms with Crippen molar-refractivity contribution in [2.24, 2.45) is 11.3 Å². The lowest BCUT2D eigenvalue weighted by Crippen LogP contribution is -2.26. The minimum absolute atomic E-state index is 0.123. The Morgan fingerprint density at radius 2 is 2.24 bits per heavy atom. The molecule has 0 fully saturated rings. The molecular formula is C20H25N5O3S. The van der Waals surface area contributed by atoms with Crippen molar-refractivity contribution in [3.8, 4) is 6.07 Å². The van der Waals surface area contributed by atoms with Gasteiger partial charge in [0.15, 0.2) is 0 Å². The molecule has 0 saturated carbocycles. The smallest absolute Gasteiger partial charge is 0.358 e. The first kappa shape index (κ1) is 21.0. The van der Waals surface area contributed by atoms with Gasteiger partial charge in [-0.25, -0.2) is 0 Å². The molecule has 29 heavy (non-hydrogen) atoms. The zero-order chi connectivity index (χ0) is 21.3. The lowest BCUT2D eigenvalue weighted by molar-refractivity contribution is -0.389. The Hall–Kier alpha value is -2.73. The van der Waals surface area contributed by atoms with Gasteiger partial charge in [-0.2, -0.15) is 9.94 Å². The maximum atomic E-state index is 12.5. The number of thiophene rings is 1. The molecule has 1 aliphatic carbocycles. The molecule has 154 valence electrons. The lowest BCUT2D eigenvalue weighted by Gasteiger charge is -2.33. The number of nitrogens with zero attached hydrogens (tertiary/aromatic N) is 4. The molecule has 0 radical (unpaired) electrons. The number of aryl methyl sites for hydroxylation is 2. The Kier molecular flexibility index (Phi) is 5.75. The van der Waals surface area contributed by atoms with Gasteiger partial charge in [0, 0.05) is 11.3 Å². The van der Waals surface area contributed by atoms with Crippen molar-refractivity contribution in [2.45, 2.75) is 59.9 Å². The SMILES string of the molecule is Cc1cc([N+](=O)[O-])nn1CCC(=O)Nc1sc2c(c1C#N)CCC(C(C)(C)C)C2. The van der Waals surface area contributed by atoms with Crippen LogP contribution in [0.5, 0.6) is 0 Å². The van der Waals surface area contributed by atoms with E-state index in [1.165, 1.54) is 27.0 Å². The summed E-state index contributed by atoms with van der Waals surface area (Å²) in [5.74, 6) is 0.0985. The van der Waals surface area contributed by atoms with Gasteiger partial charge in [-0.15, -0.1) is 11.3 Å². The molecule has 1 N–H and O–H groups in total. The zero-order valence-electron chi connectivity index (χ0n) is 17.1. The van der Waals surface area contributed by atoms with Crippen LogP contribution < -0.4 is 5.32 Å². The summed E-state index contributed by atoms with van der Waals surface area (Å²) in [5.41, 5.74) is 2.49. The number of rotatable bonds is 5. The van der Waals surface area contributed by atoms with Crippen LogP contribution in [-0.4, -0.2) is 20.6 Å². The number of carbonyl (C=O) groups is 1. The van der Waals surface area contributed by atoms with Gasteiger partial charge in [0.2, 0.25) is 5.91 Å². The number of nitriles is 1. The van der Waals surface area contributed by atoms with E-state index in [2.05, 4.69) is 37.3 Å². The molecule has 1 unspecified atom stereocenters. The highest BCUT2D eigenvalue weighted by Crippen LogP contribution is 2.44. The molecule has 0 spiro atoms. The van der Waals surface area contributed by atoms with Crippen LogP contribution in [-0.2, 0) is 24.2 Å². The summed E-state index contributed by atoms with van der Waals surface area (Å²) in [7, 11) is 0. The van der Waals surface area contributed by atoms with Crippen LogP contribution in [0.3, 0.4) is 0 Å².